The van der Waals surface area contributed by atoms with Crippen LogP contribution >= 0.6 is 0 Å². The van der Waals surface area contributed by atoms with Gasteiger partial charge in [-0.15, -0.1) is 0 Å². The predicted octanol–water partition coefficient (Wildman–Crippen LogP) is 3.70. The molecule has 2 aromatic carbocycles. The molecule has 112 valence electrons. The predicted molar refractivity (Wildman–Crippen MR) is 79.4 cm³/mol. The Labute approximate surface area is 123 Å². The second kappa shape index (κ2) is 7.74. The molecular formula is C17H19F2NO. The molecule has 2 nitrogen and oxygen atoms in total. The van der Waals surface area contributed by atoms with Gasteiger partial charge in [-0.3, -0.25) is 0 Å². The molecule has 4 heteroatoms. The smallest absolute Gasteiger partial charge is 0.129 e. The van der Waals surface area contributed by atoms with E-state index in [0.29, 0.717) is 0 Å². The van der Waals surface area contributed by atoms with Gasteiger partial charge in [-0.05, 0) is 30.6 Å². The summed E-state index contributed by atoms with van der Waals surface area (Å²) in [5, 5.41) is 3.27. The SMILES string of the molecule is CCNCCc1ccc(COc2cc(F)cc(F)c2)cc1. The molecule has 0 unspecified atom stereocenters. The monoisotopic (exact) mass is 291 g/mol. The Hall–Kier alpha value is -1.94. The van der Waals surface area contributed by atoms with E-state index in [1.807, 2.05) is 24.3 Å². The summed E-state index contributed by atoms with van der Waals surface area (Å²) in [7, 11) is 0. The summed E-state index contributed by atoms with van der Waals surface area (Å²) in [6.45, 7) is 4.29. The zero-order chi connectivity index (χ0) is 15.1. The molecule has 1 N–H and O–H groups in total. The van der Waals surface area contributed by atoms with Gasteiger partial charge in [0, 0.05) is 18.2 Å². The van der Waals surface area contributed by atoms with E-state index in [0.717, 1.165) is 31.1 Å². The Balaban J connectivity index is 1.88. The Kier molecular flexibility index (Phi) is 5.69. The van der Waals surface area contributed by atoms with Crippen LogP contribution in [0.4, 0.5) is 8.78 Å². The molecule has 21 heavy (non-hydrogen) atoms. The molecule has 2 aromatic rings. The molecule has 0 saturated carbocycles. The van der Waals surface area contributed by atoms with Crippen LogP contribution in [0.2, 0.25) is 0 Å². The lowest BCUT2D eigenvalue weighted by Crippen LogP contribution is -2.15. The fourth-order valence-corrected chi connectivity index (χ4v) is 1.99. The molecule has 0 heterocycles. The van der Waals surface area contributed by atoms with Crippen LogP contribution in [0.15, 0.2) is 42.5 Å². The summed E-state index contributed by atoms with van der Waals surface area (Å²) in [6, 6.07) is 11.2. The first-order valence-corrected chi connectivity index (χ1v) is 7.05. The summed E-state index contributed by atoms with van der Waals surface area (Å²) in [6.07, 6.45) is 0.976. The molecular weight excluding hydrogens is 272 g/mol. The van der Waals surface area contributed by atoms with Crippen LogP contribution in [0, 0.1) is 11.6 Å². The molecule has 0 saturated heterocycles. The minimum atomic E-state index is -0.635. The highest BCUT2D eigenvalue weighted by atomic mass is 19.1. The number of rotatable bonds is 7. The first-order chi connectivity index (χ1) is 10.2. The Morgan fingerprint density at radius 3 is 2.19 bits per heavy atom. The van der Waals surface area contributed by atoms with Crippen molar-refractivity contribution in [2.45, 2.75) is 20.0 Å². The van der Waals surface area contributed by atoms with E-state index >= 15 is 0 Å². The molecule has 0 fully saturated rings. The van der Waals surface area contributed by atoms with Crippen LogP contribution in [0.25, 0.3) is 0 Å². The third-order valence-corrected chi connectivity index (χ3v) is 3.10. The molecule has 0 aliphatic heterocycles. The van der Waals surface area contributed by atoms with Crippen molar-refractivity contribution in [2.24, 2.45) is 0 Å². The molecule has 0 spiro atoms. The molecule has 0 atom stereocenters. The Bertz CT molecular complexity index is 549. The maximum atomic E-state index is 13.0. The van der Waals surface area contributed by atoms with Crippen molar-refractivity contribution >= 4 is 0 Å². The van der Waals surface area contributed by atoms with Gasteiger partial charge in [0.2, 0.25) is 0 Å². The van der Waals surface area contributed by atoms with Crippen LogP contribution in [0.3, 0.4) is 0 Å². The van der Waals surface area contributed by atoms with Crippen molar-refractivity contribution < 1.29 is 13.5 Å². The average Bonchev–Trinajstić information content (AvgIpc) is 2.46. The largest absolute Gasteiger partial charge is 0.489 e. The van der Waals surface area contributed by atoms with E-state index < -0.39 is 11.6 Å². The first kappa shape index (κ1) is 15.4. The maximum absolute atomic E-state index is 13.0. The van der Waals surface area contributed by atoms with Crippen molar-refractivity contribution in [1.29, 1.82) is 0 Å². The Morgan fingerprint density at radius 2 is 1.57 bits per heavy atom. The third-order valence-electron chi connectivity index (χ3n) is 3.10. The zero-order valence-corrected chi connectivity index (χ0v) is 12.0. The third kappa shape index (κ3) is 5.16. The Morgan fingerprint density at radius 1 is 0.952 bits per heavy atom. The average molecular weight is 291 g/mol. The summed E-state index contributed by atoms with van der Waals surface area (Å²) in [5.41, 5.74) is 2.21. The lowest BCUT2D eigenvalue weighted by molar-refractivity contribution is 0.302. The highest BCUT2D eigenvalue weighted by Crippen LogP contribution is 2.17. The van der Waals surface area contributed by atoms with Crippen LogP contribution in [0.1, 0.15) is 18.1 Å². The topological polar surface area (TPSA) is 21.3 Å². The molecule has 2 rings (SSSR count). The van der Waals surface area contributed by atoms with Crippen molar-refractivity contribution in [3.63, 3.8) is 0 Å². The summed E-state index contributed by atoms with van der Waals surface area (Å²) < 4.78 is 31.5. The number of nitrogens with one attached hydrogen (secondary N) is 1. The van der Waals surface area contributed by atoms with Gasteiger partial charge in [0.25, 0.3) is 0 Å². The number of benzene rings is 2. The number of hydrogen-bond donors (Lipinski definition) is 1. The number of halogens is 2. The second-order valence-electron chi connectivity index (χ2n) is 4.81. The van der Waals surface area contributed by atoms with Gasteiger partial charge in [0.05, 0.1) is 0 Å². The molecule has 0 radical (unpaired) electrons. The van der Waals surface area contributed by atoms with Gasteiger partial charge in [0.1, 0.15) is 24.0 Å². The summed E-state index contributed by atoms with van der Waals surface area (Å²) in [5.74, 6) is -1.07. The molecule has 0 aromatic heterocycles. The standard InChI is InChI=1S/C17H19F2NO/c1-2-20-8-7-13-3-5-14(6-4-13)12-21-17-10-15(18)9-16(19)11-17/h3-6,9-11,20H,2,7-8,12H2,1H3. The van der Waals surface area contributed by atoms with Crippen molar-refractivity contribution in [3.8, 4) is 5.75 Å². The van der Waals surface area contributed by atoms with Gasteiger partial charge < -0.3 is 10.1 Å². The van der Waals surface area contributed by atoms with Crippen molar-refractivity contribution in [3.05, 3.63) is 65.2 Å². The molecule has 0 aliphatic carbocycles. The number of ether oxygens (including phenoxy) is 1. The molecule has 0 bridgehead atoms. The maximum Gasteiger partial charge on any atom is 0.129 e. The van der Waals surface area contributed by atoms with E-state index in [9.17, 15) is 8.78 Å². The van der Waals surface area contributed by atoms with Gasteiger partial charge >= 0.3 is 0 Å². The molecule has 0 amide bonds. The fraction of sp³-hybridized carbons (Fsp3) is 0.294. The van der Waals surface area contributed by atoms with E-state index in [1.54, 1.807) is 0 Å². The lowest BCUT2D eigenvalue weighted by Gasteiger charge is -2.08. The minimum absolute atomic E-state index is 0.198. The number of hydrogen-bond acceptors (Lipinski definition) is 2. The minimum Gasteiger partial charge on any atom is -0.489 e. The van der Waals surface area contributed by atoms with Gasteiger partial charge in [0.15, 0.2) is 0 Å². The first-order valence-electron chi connectivity index (χ1n) is 7.05. The van der Waals surface area contributed by atoms with Crippen LogP contribution in [-0.4, -0.2) is 13.1 Å². The van der Waals surface area contributed by atoms with Gasteiger partial charge in [-0.25, -0.2) is 8.78 Å². The summed E-state index contributed by atoms with van der Waals surface area (Å²) >= 11 is 0. The normalized spacial score (nSPS) is 10.6. The van der Waals surface area contributed by atoms with Crippen LogP contribution < -0.4 is 10.1 Å². The van der Waals surface area contributed by atoms with E-state index in [1.165, 1.54) is 17.7 Å². The van der Waals surface area contributed by atoms with E-state index in [-0.39, 0.29) is 12.4 Å². The van der Waals surface area contributed by atoms with E-state index in [2.05, 4.69) is 12.2 Å². The highest BCUT2D eigenvalue weighted by molar-refractivity contribution is 5.26. The van der Waals surface area contributed by atoms with Crippen molar-refractivity contribution in [1.82, 2.24) is 5.32 Å². The van der Waals surface area contributed by atoms with Gasteiger partial charge in [-0.1, -0.05) is 31.2 Å². The zero-order valence-electron chi connectivity index (χ0n) is 12.0. The second-order valence-corrected chi connectivity index (χ2v) is 4.81. The van der Waals surface area contributed by atoms with Crippen LogP contribution in [0.5, 0.6) is 5.75 Å². The van der Waals surface area contributed by atoms with Crippen LogP contribution in [-0.2, 0) is 13.0 Å². The van der Waals surface area contributed by atoms with Crippen molar-refractivity contribution in [2.75, 3.05) is 13.1 Å². The lowest BCUT2D eigenvalue weighted by atomic mass is 10.1. The fourth-order valence-electron chi connectivity index (χ4n) is 1.99. The van der Waals surface area contributed by atoms with Gasteiger partial charge in [-0.2, -0.15) is 0 Å². The summed E-state index contributed by atoms with van der Waals surface area (Å²) in [4.78, 5) is 0. The number of likely N-dealkylation sites (N-methyl/N-ethyl adjacent to an activating group) is 1. The molecule has 0 aliphatic rings. The highest BCUT2D eigenvalue weighted by Gasteiger charge is 2.02. The van der Waals surface area contributed by atoms with E-state index in [4.69, 9.17) is 4.74 Å². The quantitative estimate of drug-likeness (QED) is 0.785.